The summed E-state index contributed by atoms with van der Waals surface area (Å²) in [5.74, 6) is -1.73. The van der Waals surface area contributed by atoms with Crippen molar-refractivity contribution in [3.63, 3.8) is 0 Å². The Balaban J connectivity index is 0.000000328. The fourth-order valence-corrected chi connectivity index (χ4v) is 4.42. The minimum Gasteiger partial charge on any atom is -0.444 e. The van der Waals surface area contributed by atoms with Gasteiger partial charge in [-0.15, -0.1) is 12.4 Å². The van der Waals surface area contributed by atoms with Crippen LogP contribution in [0.5, 0.6) is 0 Å². The van der Waals surface area contributed by atoms with Crippen LogP contribution in [0.15, 0.2) is 36.9 Å². The maximum Gasteiger partial charge on any atom is 0.407 e. The fraction of sp³-hybridized carbons (Fsp3) is 0.516. The molecular formula is C31H45ClN6O8+2. The maximum absolute atomic E-state index is 12.6. The van der Waals surface area contributed by atoms with E-state index in [9.17, 15) is 34.4 Å². The lowest BCUT2D eigenvalue weighted by Gasteiger charge is -2.34. The maximum atomic E-state index is 12.6. The van der Waals surface area contributed by atoms with Gasteiger partial charge in [-0.05, 0) is 31.6 Å². The SMILES string of the molecule is CC(C)(C)OC(=O)N[C@H](CN1C(=O)c2cc[n+](O)cc2C1=O)C(C)(C)C.CC(C)(C)[C@H](N)CN1C(=O)c2cc[n+](O)cc2C1=O.Cl. The number of pyridine rings is 2. The van der Waals surface area contributed by atoms with Gasteiger partial charge in [-0.2, -0.15) is 0 Å². The molecule has 4 rings (SSSR count). The van der Waals surface area contributed by atoms with E-state index < -0.39 is 40.9 Å². The normalized spacial score (nSPS) is 15.8. The summed E-state index contributed by atoms with van der Waals surface area (Å²) in [4.78, 5) is 63.8. The lowest BCUT2D eigenvalue weighted by molar-refractivity contribution is -0.904. The first-order valence-electron chi connectivity index (χ1n) is 14.5. The molecule has 5 N–H and O–H groups in total. The second-order valence-corrected chi connectivity index (χ2v) is 14.3. The number of nitrogens with one attached hydrogen (secondary N) is 1. The molecule has 14 nitrogen and oxygen atoms in total. The lowest BCUT2D eigenvalue weighted by Crippen LogP contribution is -2.52. The molecule has 15 heteroatoms. The highest BCUT2D eigenvalue weighted by atomic mass is 35.5. The van der Waals surface area contributed by atoms with Crippen LogP contribution in [0.4, 0.5) is 4.79 Å². The molecule has 0 radical (unpaired) electrons. The van der Waals surface area contributed by atoms with Gasteiger partial charge < -0.3 is 15.8 Å². The highest BCUT2D eigenvalue weighted by molar-refractivity contribution is 6.21. The van der Waals surface area contributed by atoms with Crippen molar-refractivity contribution in [2.24, 2.45) is 16.6 Å². The molecule has 252 valence electrons. The molecule has 4 heterocycles. The lowest BCUT2D eigenvalue weighted by atomic mass is 9.86. The smallest absolute Gasteiger partial charge is 0.407 e. The molecule has 0 spiro atoms. The fourth-order valence-electron chi connectivity index (χ4n) is 4.42. The Bertz CT molecular complexity index is 1530. The third kappa shape index (κ3) is 8.69. The van der Waals surface area contributed by atoms with Crippen LogP contribution in [-0.4, -0.2) is 80.7 Å². The van der Waals surface area contributed by atoms with Gasteiger partial charge in [-0.3, -0.25) is 39.4 Å². The Morgan fingerprint density at radius 3 is 1.52 bits per heavy atom. The van der Waals surface area contributed by atoms with E-state index in [2.05, 4.69) is 5.32 Å². The highest BCUT2D eigenvalue weighted by Gasteiger charge is 2.42. The Labute approximate surface area is 274 Å². The van der Waals surface area contributed by atoms with Crippen molar-refractivity contribution in [1.29, 1.82) is 0 Å². The minimum atomic E-state index is -0.656. The Hall–Kier alpha value is -4.30. The molecule has 2 aliphatic heterocycles. The molecule has 5 amide bonds. The summed E-state index contributed by atoms with van der Waals surface area (Å²) in [5.41, 5.74) is 5.60. The number of rotatable bonds is 5. The van der Waals surface area contributed by atoms with E-state index in [1.807, 2.05) is 41.5 Å². The first kappa shape index (κ1) is 37.9. The van der Waals surface area contributed by atoms with E-state index in [1.165, 1.54) is 36.9 Å². The van der Waals surface area contributed by atoms with Crippen LogP contribution < -0.4 is 20.5 Å². The Morgan fingerprint density at radius 1 is 0.761 bits per heavy atom. The highest BCUT2D eigenvalue weighted by Crippen LogP contribution is 2.27. The summed E-state index contributed by atoms with van der Waals surface area (Å²) in [7, 11) is 0. The molecule has 46 heavy (non-hydrogen) atoms. The second-order valence-electron chi connectivity index (χ2n) is 14.3. The number of aromatic nitrogens is 2. The number of halogens is 1. The monoisotopic (exact) mass is 664 g/mol. The Morgan fingerprint density at radius 2 is 1.15 bits per heavy atom. The largest absolute Gasteiger partial charge is 0.444 e. The van der Waals surface area contributed by atoms with Gasteiger partial charge in [0.15, 0.2) is 0 Å². The van der Waals surface area contributed by atoms with Gasteiger partial charge in [-0.1, -0.05) is 41.5 Å². The number of alkyl carbamates (subject to hydrolysis) is 1. The summed E-state index contributed by atoms with van der Waals surface area (Å²) in [5, 5.41) is 21.6. The molecule has 0 saturated heterocycles. The van der Waals surface area contributed by atoms with Gasteiger partial charge in [0.25, 0.3) is 23.6 Å². The molecule has 2 aromatic heterocycles. The van der Waals surface area contributed by atoms with Crippen molar-refractivity contribution in [3.8, 4) is 0 Å². The third-order valence-electron chi connectivity index (χ3n) is 7.39. The number of nitrogens with two attached hydrogens (primary N) is 1. The van der Waals surface area contributed by atoms with Gasteiger partial charge in [-0.25, -0.2) is 4.79 Å². The van der Waals surface area contributed by atoms with Crippen LogP contribution in [0.3, 0.4) is 0 Å². The topological polar surface area (TPSA) is 187 Å². The number of hydrogen-bond acceptors (Lipinski definition) is 9. The predicted octanol–water partition coefficient (Wildman–Crippen LogP) is 2.35. The molecule has 0 aromatic carbocycles. The molecule has 2 aliphatic rings. The van der Waals surface area contributed by atoms with Crippen molar-refractivity contribution in [2.75, 3.05) is 13.1 Å². The minimum absolute atomic E-state index is 0. The van der Waals surface area contributed by atoms with Crippen LogP contribution in [0, 0.1) is 10.8 Å². The quantitative estimate of drug-likeness (QED) is 0.211. The van der Waals surface area contributed by atoms with Crippen LogP contribution >= 0.6 is 12.4 Å². The van der Waals surface area contributed by atoms with E-state index in [0.29, 0.717) is 5.56 Å². The molecule has 0 aliphatic carbocycles. The summed E-state index contributed by atoms with van der Waals surface area (Å²) < 4.78 is 6.78. The summed E-state index contributed by atoms with van der Waals surface area (Å²) in [6, 6.07) is 2.00. The molecule has 2 atom stereocenters. The first-order chi connectivity index (χ1) is 20.5. The molecule has 0 bridgehead atoms. The second kappa shape index (κ2) is 13.6. The number of hydrogen-bond donors (Lipinski definition) is 4. The first-order valence-corrected chi connectivity index (χ1v) is 14.5. The molecule has 2 aromatic rings. The molecule has 0 unspecified atom stereocenters. The zero-order valence-electron chi connectivity index (χ0n) is 27.7. The van der Waals surface area contributed by atoms with E-state index in [-0.39, 0.29) is 59.6 Å². The van der Waals surface area contributed by atoms with Crippen LogP contribution in [-0.2, 0) is 4.74 Å². The average Bonchev–Trinajstić information content (AvgIpc) is 3.26. The van der Waals surface area contributed by atoms with Gasteiger partial charge in [0.1, 0.15) is 16.7 Å². The van der Waals surface area contributed by atoms with Gasteiger partial charge in [0, 0.05) is 34.2 Å². The van der Waals surface area contributed by atoms with Gasteiger partial charge in [0.2, 0.25) is 24.8 Å². The van der Waals surface area contributed by atoms with Crippen molar-refractivity contribution >= 4 is 42.1 Å². The van der Waals surface area contributed by atoms with Gasteiger partial charge >= 0.3 is 6.09 Å². The van der Waals surface area contributed by atoms with E-state index >= 15 is 0 Å². The summed E-state index contributed by atoms with van der Waals surface area (Å²) >= 11 is 0. The molecule has 0 saturated carbocycles. The number of carbonyl (C=O) groups excluding carboxylic acids is 5. The van der Waals surface area contributed by atoms with E-state index in [1.54, 1.807) is 20.8 Å². The molecule has 0 fully saturated rings. The molecular weight excluding hydrogens is 620 g/mol. The predicted molar refractivity (Wildman–Crippen MR) is 166 cm³/mol. The van der Waals surface area contributed by atoms with Crippen molar-refractivity contribution in [2.45, 2.75) is 80.0 Å². The van der Waals surface area contributed by atoms with Crippen LogP contribution in [0.1, 0.15) is 104 Å². The van der Waals surface area contributed by atoms with E-state index in [4.69, 9.17) is 10.5 Å². The van der Waals surface area contributed by atoms with Crippen molar-refractivity contribution < 1.29 is 48.6 Å². The number of fused-ring (bicyclic) bond motifs is 2. The number of ether oxygens (including phenoxy) is 1. The van der Waals surface area contributed by atoms with Crippen molar-refractivity contribution in [3.05, 3.63) is 59.2 Å². The number of carbonyl (C=O) groups is 5. The third-order valence-corrected chi connectivity index (χ3v) is 7.39. The summed E-state index contributed by atoms with van der Waals surface area (Å²) in [6.07, 6.45) is 4.42. The Kier molecular flexibility index (Phi) is 11.2. The van der Waals surface area contributed by atoms with Crippen molar-refractivity contribution in [1.82, 2.24) is 15.1 Å². The van der Waals surface area contributed by atoms with E-state index in [0.717, 1.165) is 19.3 Å². The average molecular weight is 665 g/mol. The summed E-state index contributed by atoms with van der Waals surface area (Å²) in [6.45, 7) is 17.0. The number of amides is 5. The standard InChI is InChI=1S/C18H25N3O5.C13H18N3O3.ClH/c1-17(2,3)13(19-16(24)26-18(4,5)6)10-21-14(22)11-7-8-20(25)9-12(11)15(21)23;1-13(2,3)10(14)7-16-11(17)8-4-5-15(19)6-9(8)12(16)18;/h7-9,13H,10H2,1-6H3,(H-,19,22,24,25);4-6,10,19H,7,14H2,1-3H3;1H/q;+1;/p+1/t13-;10-;/m11./s1. The van der Waals surface area contributed by atoms with Crippen LogP contribution in [0.25, 0.3) is 0 Å². The van der Waals surface area contributed by atoms with Crippen LogP contribution in [0.2, 0.25) is 0 Å². The zero-order chi connectivity index (χ0) is 34.2. The number of imide groups is 2. The number of nitrogens with zero attached hydrogens (tertiary/aromatic N) is 4. The zero-order valence-corrected chi connectivity index (χ0v) is 28.5. The van der Waals surface area contributed by atoms with Gasteiger partial charge in [0.05, 0.1) is 23.7 Å².